The predicted octanol–water partition coefficient (Wildman–Crippen LogP) is 2.09. The number of rotatable bonds is 2. The third-order valence-corrected chi connectivity index (χ3v) is 2.94. The zero-order chi connectivity index (χ0) is 14.5. The summed E-state index contributed by atoms with van der Waals surface area (Å²) in [7, 11) is 0. The molecule has 1 aliphatic rings. The first-order valence-corrected chi connectivity index (χ1v) is 6.46. The van der Waals surface area contributed by atoms with Crippen molar-refractivity contribution >= 4 is 18.1 Å². The van der Waals surface area contributed by atoms with Crippen molar-refractivity contribution in [2.24, 2.45) is 0 Å². The average Bonchev–Trinajstić information content (AvgIpc) is 2.26. The molecule has 0 bridgehead atoms. The fourth-order valence-corrected chi connectivity index (χ4v) is 1.85. The molecule has 0 atom stereocenters. The van der Waals surface area contributed by atoms with Gasteiger partial charge in [0.1, 0.15) is 11.2 Å². The smallest absolute Gasteiger partial charge is 0.293 e. The number of β-amino-alcohol motifs (C(OH)–C–C–N with tert-alkyl or cyclic N) is 1. The van der Waals surface area contributed by atoms with E-state index >= 15 is 0 Å². The van der Waals surface area contributed by atoms with Crippen molar-refractivity contribution in [1.82, 2.24) is 5.32 Å². The molecule has 1 heterocycles. The zero-order valence-electron chi connectivity index (χ0n) is 11.4. The molecule has 5 heteroatoms. The maximum atomic E-state index is 9.92. The molecular weight excluding hydrogens is 266 g/mol. The van der Waals surface area contributed by atoms with Crippen molar-refractivity contribution in [2.75, 3.05) is 13.1 Å². The van der Waals surface area contributed by atoms with E-state index in [1.54, 1.807) is 6.07 Å². The van der Waals surface area contributed by atoms with Gasteiger partial charge in [-0.3, -0.25) is 4.79 Å². The van der Waals surface area contributed by atoms with Crippen LogP contribution in [0.3, 0.4) is 0 Å². The summed E-state index contributed by atoms with van der Waals surface area (Å²) in [5.74, 6) is 0. The lowest BCUT2D eigenvalue weighted by molar-refractivity contribution is -0.138. The van der Waals surface area contributed by atoms with Gasteiger partial charge in [0, 0.05) is 23.7 Å². The number of hydrogen-bond donors (Lipinski definition) is 2. The number of benzene rings is 1. The first-order valence-electron chi connectivity index (χ1n) is 6.08. The van der Waals surface area contributed by atoms with Crippen molar-refractivity contribution in [3.8, 4) is 0 Å². The zero-order valence-corrected chi connectivity index (χ0v) is 12.2. The molecule has 106 valence electrons. The molecule has 0 radical (unpaired) electrons. The standard InChI is InChI=1S/C9H10ClNO.C5H10O2/c10-8-4-2-1-3-7(8)9(12)5-11-6-9;1-5(2,3)7-4-6/h1-4,11-12H,5-6H2;4H,1-3H3. The van der Waals surface area contributed by atoms with Gasteiger partial charge in [-0.2, -0.15) is 0 Å². The third kappa shape index (κ3) is 4.82. The fraction of sp³-hybridized carbons (Fsp3) is 0.500. The maximum Gasteiger partial charge on any atom is 0.293 e. The molecule has 1 aromatic carbocycles. The quantitative estimate of drug-likeness (QED) is 0.817. The Morgan fingerprint density at radius 1 is 1.37 bits per heavy atom. The van der Waals surface area contributed by atoms with E-state index in [-0.39, 0.29) is 5.60 Å². The molecule has 1 fully saturated rings. The molecular formula is C14H20ClNO3. The number of hydrogen-bond acceptors (Lipinski definition) is 4. The molecule has 2 N–H and O–H groups in total. The molecule has 0 spiro atoms. The van der Waals surface area contributed by atoms with Gasteiger partial charge in [0.2, 0.25) is 0 Å². The molecule has 1 aliphatic heterocycles. The second-order valence-corrected chi connectivity index (χ2v) is 5.85. The lowest BCUT2D eigenvalue weighted by atomic mass is 9.88. The van der Waals surface area contributed by atoms with E-state index in [2.05, 4.69) is 10.1 Å². The Kier molecular flexibility index (Phi) is 5.35. The summed E-state index contributed by atoms with van der Waals surface area (Å²) < 4.78 is 4.55. The minimum atomic E-state index is -0.738. The van der Waals surface area contributed by atoms with E-state index in [1.807, 2.05) is 39.0 Å². The van der Waals surface area contributed by atoms with E-state index < -0.39 is 5.60 Å². The van der Waals surface area contributed by atoms with Gasteiger partial charge in [-0.25, -0.2) is 0 Å². The molecule has 0 aliphatic carbocycles. The first-order chi connectivity index (χ1) is 8.78. The van der Waals surface area contributed by atoms with E-state index in [9.17, 15) is 9.90 Å². The summed E-state index contributed by atoms with van der Waals surface area (Å²) in [6, 6.07) is 7.41. The highest BCUT2D eigenvalue weighted by Gasteiger charge is 2.37. The van der Waals surface area contributed by atoms with Crippen LogP contribution in [0.2, 0.25) is 5.02 Å². The highest BCUT2D eigenvalue weighted by Crippen LogP contribution is 2.30. The summed E-state index contributed by atoms with van der Waals surface area (Å²) in [6.07, 6.45) is 0. The van der Waals surface area contributed by atoms with Crippen LogP contribution in [0, 0.1) is 0 Å². The minimum Gasteiger partial charge on any atom is -0.462 e. The number of nitrogens with one attached hydrogen (secondary N) is 1. The molecule has 2 rings (SSSR count). The van der Waals surface area contributed by atoms with Crippen LogP contribution in [-0.4, -0.2) is 30.3 Å². The van der Waals surface area contributed by atoms with E-state index in [0.717, 1.165) is 5.56 Å². The Bertz CT molecular complexity index is 425. The first kappa shape index (κ1) is 16.0. The van der Waals surface area contributed by atoms with Crippen LogP contribution in [0.25, 0.3) is 0 Å². The van der Waals surface area contributed by atoms with Crippen LogP contribution >= 0.6 is 11.6 Å². The molecule has 0 saturated carbocycles. The number of carbonyl (C=O) groups excluding carboxylic acids is 1. The van der Waals surface area contributed by atoms with Crippen LogP contribution in [0.1, 0.15) is 26.3 Å². The van der Waals surface area contributed by atoms with Crippen molar-refractivity contribution in [3.63, 3.8) is 0 Å². The largest absolute Gasteiger partial charge is 0.462 e. The average molecular weight is 286 g/mol. The summed E-state index contributed by atoms with van der Waals surface area (Å²) in [6.45, 7) is 7.11. The van der Waals surface area contributed by atoms with Gasteiger partial charge in [0.25, 0.3) is 6.47 Å². The molecule has 0 amide bonds. The van der Waals surface area contributed by atoms with Crippen LogP contribution < -0.4 is 5.32 Å². The third-order valence-electron chi connectivity index (χ3n) is 2.61. The lowest BCUT2D eigenvalue weighted by Gasteiger charge is -2.38. The second kappa shape index (κ2) is 6.37. The maximum absolute atomic E-state index is 9.92. The van der Waals surface area contributed by atoms with Crippen LogP contribution in [0.4, 0.5) is 0 Å². The number of halogens is 1. The van der Waals surface area contributed by atoms with Gasteiger partial charge in [0.05, 0.1) is 0 Å². The van der Waals surface area contributed by atoms with Gasteiger partial charge in [-0.15, -0.1) is 0 Å². The number of aliphatic hydroxyl groups is 1. The van der Waals surface area contributed by atoms with Gasteiger partial charge in [-0.1, -0.05) is 29.8 Å². The summed E-state index contributed by atoms with van der Waals surface area (Å²) in [5, 5.41) is 13.6. The Morgan fingerprint density at radius 3 is 2.26 bits per heavy atom. The molecule has 0 unspecified atom stereocenters. The second-order valence-electron chi connectivity index (χ2n) is 5.44. The molecule has 19 heavy (non-hydrogen) atoms. The van der Waals surface area contributed by atoms with Crippen molar-refractivity contribution in [1.29, 1.82) is 0 Å². The van der Waals surface area contributed by atoms with Crippen LogP contribution in [-0.2, 0) is 15.1 Å². The van der Waals surface area contributed by atoms with Gasteiger partial charge in [0.15, 0.2) is 0 Å². The van der Waals surface area contributed by atoms with Gasteiger partial charge in [-0.05, 0) is 26.8 Å². The molecule has 1 saturated heterocycles. The van der Waals surface area contributed by atoms with E-state index in [1.165, 1.54) is 0 Å². The summed E-state index contributed by atoms with van der Waals surface area (Å²) >= 11 is 5.93. The monoisotopic (exact) mass is 285 g/mol. The highest BCUT2D eigenvalue weighted by atomic mass is 35.5. The van der Waals surface area contributed by atoms with E-state index in [0.29, 0.717) is 24.6 Å². The summed E-state index contributed by atoms with van der Waals surface area (Å²) in [4.78, 5) is 9.60. The lowest BCUT2D eigenvalue weighted by Crippen LogP contribution is -2.56. The Morgan fingerprint density at radius 2 is 1.95 bits per heavy atom. The topological polar surface area (TPSA) is 58.6 Å². The van der Waals surface area contributed by atoms with Crippen LogP contribution in [0.15, 0.2) is 24.3 Å². The Balaban J connectivity index is 0.000000224. The van der Waals surface area contributed by atoms with Gasteiger partial charge < -0.3 is 15.2 Å². The van der Waals surface area contributed by atoms with Crippen molar-refractivity contribution in [2.45, 2.75) is 32.0 Å². The van der Waals surface area contributed by atoms with Crippen molar-refractivity contribution in [3.05, 3.63) is 34.9 Å². The Hall–Kier alpha value is -1.10. The summed E-state index contributed by atoms with van der Waals surface area (Å²) in [5.41, 5.74) is -0.231. The molecule has 4 nitrogen and oxygen atoms in total. The molecule has 1 aromatic rings. The van der Waals surface area contributed by atoms with E-state index in [4.69, 9.17) is 11.6 Å². The molecule has 0 aromatic heterocycles. The van der Waals surface area contributed by atoms with Gasteiger partial charge >= 0.3 is 0 Å². The SMILES string of the molecule is CC(C)(C)OC=O.OC1(c2ccccc2Cl)CNC1. The Labute approximate surface area is 118 Å². The highest BCUT2D eigenvalue weighted by molar-refractivity contribution is 6.31. The minimum absolute atomic E-state index is 0.318. The number of carbonyl (C=O) groups is 1. The van der Waals surface area contributed by atoms with Crippen LogP contribution in [0.5, 0.6) is 0 Å². The van der Waals surface area contributed by atoms with Crippen molar-refractivity contribution < 1.29 is 14.6 Å². The normalized spacial score (nSPS) is 16.7. The predicted molar refractivity (Wildman–Crippen MR) is 75.1 cm³/mol. The fourth-order valence-electron chi connectivity index (χ4n) is 1.54. The number of ether oxygens (including phenoxy) is 1.